The Labute approximate surface area is 197 Å². The minimum absolute atomic E-state index is 0.238. The molecule has 1 aliphatic rings. The van der Waals surface area contributed by atoms with Crippen LogP contribution in [-0.4, -0.2) is 37.0 Å². The summed E-state index contributed by atoms with van der Waals surface area (Å²) >= 11 is 0. The van der Waals surface area contributed by atoms with E-state index < -0.39 is 23.8 Å². The average Bonchev–Trinajstić information content (AvgIpc) is 2.85. The molecule has 174 valence electrons. The molecule has 0 bridgehead atoms. The summed E-state index contributed by atoms with van der Waals surface area (Å²) < 4.78 is 11.2. The number of benzene rings is 3. The summed E-state index contributed by atoms with van der Waals surface area (Å²) in [7, 11) is 0. The number of anilines is 3. The Morgan fingerprint density at radius 1 is 0.941 bits per heavy atom. The molecule has 0 unspecified atom stereocenters. The topological polar surface area (TPSA) is 97.0 Å². The molecule has 3 aromatic rings. The van der Waals surface area contributed by atoms with Crippen molar-refractivity contribution in [2.75, 3.05) is 28.7 Å². The average molecular weight is 460 g/mol. The van der Waals surface area contributed by atoms with E-state index >= 15 is 0 Å². The second kappa shape index (κ2) is 10.5. The molecule has 4 rings (SSSR count). The number of nitrogens with one attached hydrogen (secondary N) is 2. The molecule has 0 aliphatic carbocycles. The quantitative estimate of drug-likeness (QED) is 0.533. The molecule has 1 atom stereocenters. The van der Waals surface area contributed by atoms with Crippen molar-refractivity contribution in [1.29, 1.82) is 0 Å². The molecule has 3 aromatic carbocycles. The fourth-order valence-electron chi connectivity index (χ4n) is 3.74. The number of carbonyl (C=O) groups excluding carboxylic acids is 3. The third-order valence-electron chi connectivity index (χ3n) is 5.25. The van der Waals surface area contributed by atoms with Gasteiger partial charge in [0.2, 0.25) is 11.8 Å². The highest BCUT2D eigenvalue weighted by molar-refractivity contribution is 6.14. The summed E-state index contributed by atoms with van der Waals surface area (Å²) in [5.74, 6) is -0.236. The second-order valence-electron chi connectivity index (χ2n) is 7.57. The van der Waals surface area contributed by atoms with Gasteiger partial charge in [-0.2, -0.15) is 0 Å². The van der Waals surface area contributed by atoms with Crippen molar-refractivity contribution < 1.29 is 23.9 Å². The molecule has 34 heavy (non-hydrogen) atoms. The van der Waals surface area contributed by atoms with Crippen LogP contribution in [0.5, 0.6) is 11.5 Å². The van der Waals surface area contributed by atoms with Crippen LogP contribution in [0.1, 0.15) is 13.3 Å². The normalized spacial score (nSPS) is 14.6. The summed E-state index contributed by atoms with van der Waals surface area (Å²) in [6, 6.07) is 21.9. The number of fused-ring (bicyclic) bond motifs is 1. The Balaban J connectivity index is 1.55. The lowest BCUT2D eigenvalue weighted by Crippen LogP contribution is -2.53. The third-order valence-corrected chi connectivity index (χ3v) is 5.25. The maximum absolute atomic E-state index is 13.2. The first kappa shape index (κ1) is 22.8. The zero-order chi connectivity index (χ0) is 23.9. The van der Waals surface area contributed by atoms with Crippen molar-refractivity contribution in [2.45, 2.75) is 19.4 Å². The second-order valence-corrected chi connectivity index (χ2v) is 7.57. The summed E-state index contributed by atoms with van der Waals surface area (Å²) in [5, 5.41) is 5.58. The van der Waals surface area contributed by atoms with E-state index in [2.05, 4.69) is 10.6 Å². The number of hydrogen-bond acceptors (Lipinski definition) is 5. The van der Waals surface area contributed by atoms with Crippen molar-refractivity contribution in [3.63, 3.8) is 0 Å². The van der Waals surface area contributed by atoms with Gasteiger partial charge in [-0.1, -0.05) is 42.5 Å². The monoisotopic (exact) mass is 459 g/mol. The SMILES string of the molecule is CCOc1ccccc1NC(=O)C[C@@H]1C(=O)Nc2ccccc2N1C(=O)COc1ccccc1. The molecule has 0 fully saturated rings. The van der Waals surface area contributed by atoms with Crippen LogP contribution in [0.2, 0.25) is 0 Å². The Morgan fingerprint density at radius 2 is 1.65 bits per heavy atom. The number of amides is 3. The van der Waals surface area contributed by atoms with Gasteiger partial charge in [0, 0.05) is 0 Å². The van der Waals surface area contributed by atoms with Gasteiger partial charge in [0.05, 0.1) is 30.1 Å². The van der Waals surface area contributed by atoms with Crippen molar-refractivity contribution in [1.82, 2.24) is 0 Å². The third kappa shape index (κ3) is 5.17. The maximum atomic E-state index is 13.2. The predicted octanol–water partition coefficient (Wildman–Crippen LogP) is 3.85. The van der Waals surface area contributed by atoms with Crippen LogP contribution in [0, 0.1) is 0 Å². The van der Waals surface area contributed by atoms with Crippen LogP contribution in [-0.2, 0) is 14.4 Å². The molecule has 0 saturated carbocycles. The zero-order valence-corrected chi connectivity index (χ0v) is 18.7. The van der Waals surface area contributed by atoms with E-state index in [1.54, 1.807) is 72.8 Å². The van der Waals surface area contributed by atoms with E-state index in [4.69, 9.17) is 9.47 Å². The molecule has 3 amide bonds. The molecule has 2 N–H and O–H groups in total. The smallest absolute Gasteiger partial charge is 0.265 e. The fraction of sp³-hybridized carbons (Fsp3) is 0.192. The minimum Gasteiger partial charge on any atom is -0.492 e. The van der Waals surface area contributed by atoms with Crippen molar-refractivity contribution in [2.24, 2.45) is 0 Å². The molecule has 0 aromatic heterocycles. The zero-order valence-electron chi connectivity index (χ0n) is 18.7. The van der Waals surface area contributed by atoms with Crippen molar-refractivity contribution in [3.8, 4) is 11.5 Å². The van der Waals surface area contributed by atoms with Crippen LogP contribution in [0.15, 0.2) is 78.9 Å². The van der Waals surface area contributed by atoms with Gasteiger partial charge in [0.15, 0.2) is 6.61 Å². The molecule has 0 radical (unpaired) electrons. The van der Waals surface area contributed by atoms with Crippen LogP contribution < -0.4 is 25.0 Å². The van der Waals surface area contributed by atoms with Crippen LogP contribution in [0.25, 0.3) is 0 Å². The van der Waals surface area contributed by atoms with E-state index in [0.29, 0.717) is 35.2 Å². The van der Waals surface area contributed by atoms with E-state index in [0.717, 1.165) is 0 Å². The van der Waals surface area contributed by atoms with Gasteiger partial charge in [-0.05, 0) is 43.3 Å². The molecule has 0 spiro atoms. The number of hydrogen-bond donors (Lipinski definition) is 2. The van der Waals surface area contributed by atoms with Gasteiger partial charge < -0.3 is 20.1 Å². The summed E-state index contributed by atoms with van der Waals surface area (Å²) in [6.45, 7) is 2.01. The first-order valence-electron chi connectivity index (χ1n) is 11.0. The highest BCUT2D eigenvalue weighted by atomic mass is 16.5. The van der Waals surface area contributed by atoms with Gasteiger partial charge in [-0.15, -0.1) is 0 Å². The highest BCUT2D eigenvalue weighted by Gasteiger charge is 2.38. The van der Waals surface area contributed by atoms with Gasteiger partial charge in [0.1, 0.15) is 17.5 Å². The van der Waals surface area contributed by atoms with Crippen molar-refractivity contribution >= 4 is 34.8 Å². The molecule has 0 saturated heterocycles. The predicted molar refractivity (Wildman–Crippen MR) is 129 cm³/mol. The number of nitrogens with zero attached hydrogens (tertiary/aromatic N) is 1. The number of ether oxygens (including phenoxy) is 2. The van der Waals surface area contributed by atoms with E-state index in [9.17, 15) is 14.4 Å². The van der Waals surface area contributed by atoms with Crippen LogP contribution in [0.3, 0.4) is 0 Å². The Kier molecular flexibility index (Phi) is 7.07. The Bertz CT molecular complexity index is 1180. The van der Waals surface area contributed by atoms with E-state index in [-0.39, 0.29) is 13.0 Å². The van der Waals surface area contributed by atoms with Gasteiger partial charge in [-0.25, -0.2) is 0 Å². The molecular formula is C26H25N3O5. The lowest BCUT2D eigenvalue weighted by atomic mass is 10.0. The lowest BCUT2D eigenvalue weighted by molar-refractivity contribution is -0.127. The largest absolute Gasteiger partial charge is 0.492 e. The van der Waals surface area contributed by atoms with Gasteiger partial charge >= 0.3 is 0 Å². The molecular weight excluding hydrogens is 434 g/mol. The molecule has 8 heteroatoms. The van der Waals surface area contributed by atoms with Crippen LogP contribution >= 0.6 is 0 Å². The Morgan fingerprint density at radius 3 is 2.44 bits per heavy atom. The molecule has 1 aliphatic heterocycles. The summed E-state index contributed by atoms with van der Waals surface area (Å²) in [6.07, 6.45) is -0.238. The standard InChI is InChI=1S/C26H25N3O5/c1-2-33-23-15-9-7-13-20(23)27-24(30)16-22-26(32)28-19-12-6-8-14-21(19)29(22)25(31)17-34-18-10-4-3-5-11-18/h3-15,22H,2,16-17H2,1H3,(H,27,30)(H,28,32)/t22-/m1/s1. The lowest BCUT2D eigenvalue weighted by Gasteiger charge is -2.36. The number of para-hydroxylation sites is 5. The van der Waals surface area contributed by atoms with E-state index in [1.165, 1.54) is 4.90 Å². The first-order chi connectivity index (χ1) is 16.6. The number of carbonyl (C=O) groups is 3. The van der Waals surface area contributed by atoms with E-state index in [1.807, 2.05) is 13.0 Å². The summed E-state index contributed by atoms with van der Waals surface area (Å²) in [4.78, 5) is 40.5. The first-order valence-corrected chi connectivity index (χ1v) is 11.0. The van der Waals surface area contributed by atoms with Gasteiger partial charge in [-0.3, -0.25) is 19.3 Å². The summed E-state index contributed by atoms with van der Waals surface area (Å²) in [5.41, 5.74) is 1.51. The maximum Gasteiger partial charge on any atom is 0.265 e. The Hall–Kier alpha value is -4.33. The molecule has 1 heterocycles. The number of rotatable bonds is 8. The fourth-order valence-corrected chi connectivity index (χ4v) is 3.74. The minimum atomic E-state index is -1.04. The molecule has 8 nitrogen and oxygen atoms in total. The highest BCUT2D eigenvalue weighted by Crippen LogP contribution is 2.33. The van der Waals surface area contributed by atoms with Gasteiger partial charge in [0.25, 0.3) is 5.91 Å². The van der Waals surface area contributed by atoms with Crippen molar-refractivity contribution in [3.05, 3.63) is 78.9 Å². The van der Waals surface area contributed by atoms with Crippen LogP contribution in [0.4, 0.5) is 17.1 Å².